The van der Waals surface area contributed by atoms with E-state index < -0.39 is 0 Å². The van der Waals surface area contributed by atoms with Gasteiger partial charge in [0.05, 0.1) is 28.9 Å². The first-order valence-corrected chi connectivity index (χ1v) is 8.48. The standard InChI is InChI=1S/C17H17Cl2N3O2/c18-14-3-1-12(9-15(14)19)16-11-22(7-8-24-16)17(23)4-2-13-10-20-5-6-21-13/h1,3,5-6,9-10,16H,2,4,7-8,11H2/t16-/m1/s1. The quantitative estimate of drug-likeness (QED) is 0.833. The third kappa shape index (κ3) is 4.23. The Bertz CT molecular complexity index is 712. The van der Waals surface area contributed by atoms with E-state index in [0.717, 1.165) is 11.3 Å². The number of carbonyl (C=O) groups excluding carboxylic acids is 1. The predicted molar refractivity (Wildman–Crippen MR) is 92.1 cm³/mol. The average molecular weight is 366 g/mol. The van der Waals surface area contributed by atoms with Crippen molar-refractivity contribution in [3.63, 3.8) is 0 Å². The highest BCUT2D eigenvalue weighted by atomic mass is 35.5. The summed E-state index contributed by atoms with van der Waals surface area (Å²) in [5, 5.41) is 0.997. The largest absolute Gasteiger partial charge is 0.370 e. The number of morpholine rings is 1. The van der Waals surface area contributed by atoms with Crippen LogP contribution < -0.4 is 0 Å². The van der Waals surface area contributed by atoms with Gasteiger partial charge >= 0.3 is 0 Å². The molecule has 1 amide bonds. The number of aromatic nitrogens is 2. The van der Waals surface area contributed by atoms with Gasteiger partial charge in [0.1, 0.15) is 6.10 Å². The van der Waals surface area contributed by atoms with Crippen molar-refractivity contribution in [1.29, 1.82) is 0 Å². The van der Waals surface area contributed by atoms with E-state index in [2.05, 4.69) is 9.97 Å². The Morgan fingerprint density at radius 1 is 1.29 bits per heavy atom. The van der Waals surface area contributed by atoms with Crippen LogP contribution in [0.15, 0.2) is 36.8 Å². The van der Waals surface area contributed by atoms with E-state index in [9.17, 15) is 4.79 Å². The third-order valence-electron chi connectivity index (χ3n) is 3.95. The summed E-state index contributed by atoms with van der Waals surface area (Å²) in [6.45, 7) is 1.61. The number of benzene rings is 1. The Morgan fingerprint density at radius 3 is 2.92 bits per heavy atom. The second kappa shape index (κ2) is 7.92. The molecule has 5 nitrogen and oxygen atoms in total. The minimum Gasteiger partial charge on any atom is -0.370 e. The lowest BCUT2D eigenvalue weighted by Gasteiger charge is -2.33. The summed E-state index contributed by atoms with van der Waals surface area (Å²) in [6, 6.07) is 5.42. The molecule has 1 aromatic carbocycles. The van der Waals surface area contributed by atoms with E-state index in [1.54, 1.807) is 30.7 Å². The van der Waals surface area contributed by atoms with Crippen molar-refractivity contribution < 1.29 is 9.53 Å². The summed E-state index contributed by atoms with van der Waals surface area (Å²) in [4.78, 5) is 22.5. The lowest BCUT2D eigenvalue weighted by Crippen LogP contribution is -2.42. The van der Waals surface area contributed by atoms with E-state index in [4.69, 9.17) is 27.9 Å². The van der Waals surface area contributed by atoms with Crippen molar-refractivity contribution in [2.45, 2.75) is 18.9 Å². The number of ether oxygens (including phenoxy) is 1. The molecule has 1 aliphatic rings. The molecule has 0 N–H and O–H groups in total. The normalized spacial score (nSPS) is 17.8. The summed E-state index contributed by atoms with van der Waals surface area (Å²) in [5.74, 6) is 0.0917. The number of halogens is 2. The van der Waals surface area contributed by atoms with Crippen LogP contribution in [0.2, 0.25) is 10.0 Å². The molecule has 0 radical (unpaired) electrons. The first kappa shape index (κ1) is 17.1. The minimum atomic E-state index is -0.186. The van der Waals surface area contributed by atoms with E-state index in [1.807, 2.05) is 11.0 Å². The number of nitrogens with zero attached hydrogens (tertiary/aromatic N) is 3. The van der Waals surface area contributed by atoms with E-state index in [-0.39, 0.29) is 12.0 Å². The maximum Gasteiger partial charge on any atom is 0.223 e. The van der Waals surface area contributed by atoms with Gasteiger partial charge in [-0.05, 0) is 24.1 Å². The Balaban J connectivity index is 1.60. The van der Waals surface area contributed by atoms with Gasteiger partial charge in [0.25, 0.3) is 0 Å². The van der Waals surface area contributed by atoms with Crippen LogP contribution in [0.4, 0.5) is 0 Å². The Hall–Kier alpha value is -1.69. The molecule has 2 aromatic rings. The van der Waals surface area contributed by atoms with Crippen molar-refractivity contribution in [3.05, 3.63) is 58.1 Å². The van der Waals surface area contributed by atoms with Gasteiger partial charge in [-0.2, -0.15) is 0 Å². The third-order valence-corrected chi connectivity index (χ3v) is 4.69. The first-order chi connectivity index (χ1) is 11.6. The fourth-order valence-electron chi connectivity index (χ4n) is 2.64. The van der Waals surface area contributed by atoms with Gasteiger partial charge in [0.2, 0.25) is 5.91 Å². The van der Waals surface area contributed by atoms with E-state index in [1.165, 1.54) is 0 Å². The van der Waals surface area contributed by atoms with Crippen LogP contribution in [0, 0.1) is 0 Å². The molecule has 1 saturated heterocycles. The predicted octanol–water partition coefficient (Wildman–Crippen LogP) is 3.32. The fraction of sp³-hybridized carbons (Fsp3) is 0.353. The second-order valence-electron chi connectivity index (χ2n) is 5.57. The Kier molecular flexibility index (Phi) is 5.66. The average Bonchev–Trinajstić information content (AvgIpc) is 2.63. The van der Waals surface area contributed by atoms with Crippen LogP contribution in [0.1, 0.15) is 23.8 Å². The lowest BCUT2D eigenvalue weighted by atomic mass is 10.1. The van der Waals surface area contributed by atoms with Crippen LogP contribution in [0.3, 0.4) is 0 Å². The summed E-state index contributed by atoms with van der Waals surface area (Å²) in [6.07, 6.45) is 5.75. The molecular weight excluding hydrogens is 349 g/mol. The molecule has 1 fully saturated rings. The molecule has 126 valence electrons. The summed E-state index contributed by atoms with van der Waals surface area (Å²) < 4.78 is 5.78. The van der Waals surface area contributed by atoms with Crippen LogP contribution in [-0.2, 0) is 16.0 Å². The van der Waals surface area contributed by atoms with Gasteiger partial charge in [0.15, 0.2) is 0 Å². The van der Waals surface area contributed by atoms with Gasteiger partial charge in [-0.15, -0.1) is 0 Å². The molecule has 2 heterocycles. The summed E-state index contributed by atoms with van der Waals surface area (Å²) in [5.41, 5.74) is 1.75. The molecule has 1 aliphatic heterocycles. The molecule has 0 saturated carbocycles. The Labute approximate surface area is 150 Å². The number of amides is 1. The highest BCUT2D eigenvalue weighted by Crippen LogP contribution is 2.29. The number of hydrogen-bond donors (Lipinski definition) is 0. The smallest absolute Gasteiger partial charge is 0.223 e. The zero-order valence-electron chi connectivity index (χ0n) is 13.0. The molecular formula is C17H17Cl2N3O2. The molecule has 0 spiro atoms. The maximum absolute atomic E-state index is 12.4. The number of aryl methyl sites for hydroxylation is 1. The van der Waals surface area contributed by atoms with Gasteiger partial charge in [-0.1, -0.05) is 29.3 Å². The second-order valence-corrected chi connectivity index (χ2v) is 6.38. The van der Waals surface area contributed by atoms with Gasteiger partial charge in [-0.3, -0.25) is 14.8 Å². The van der Waals surface area contributed by atoms with Crippen molar-refractivity contribution in [2.75, 3.05) is 19.7 Å². The van der Waals surface area contributed by atoms with Crippen molar-refractivity contribution in [2.24, 2.45) is 0 Å². The van der Waals surface area contributed by atoms with Crippen LogP contribution >= 0.6 is 23.2 Å². The zero-order chi connectivity index (χ0) is 16.9. The number of hydrogen-bond acceptors (Lipinski definition) is 4. The highest BCUT2D eigenvalue weighted by Gasteiger charge is 2.25. The molecule has 3 rings (SSSR count). The number of rotatable bonds is 4. The fourth-order valence-corrected chi connectivity index (χ4v) is 2.95. The summed E-state index contributed by atoms with van der Waals surface area (Å²) >= 11 is 12.0. The highest BCUT2D eigenvalue weighted by molar-refractivity contribution is 6.42. The first-order valence-electron chi connectivity index (χ1n) is 7.72. The van der Waals surface area contributed by atoms with E-state index >= 15 is 0 Å². The van der Waals surface area contributed by atoms with Crippen LogP contribution in [-0.4, -0.2) is 40.5 Å². The molecule has 7 heteroatoms. The summed E-state index contributed by atoms with van der Waals surface area (Å²) in [7, 11) is 0. The molecule has 1 atom stereocenters. The SMILES string of the molecule is O=C(CCc1cnccn1)N1CCO[C@@H](c2ccc(Cl)c(Cl)c2)C1. The van der Waals surface area contributed by atoms with Crippen molar-refractivity contribution in [3.8, 4) is 0 Å². The lowest BCUT2D eigenvalue weighted by molar-refractivity contribution is -0.139. The minimum absolute atomic E-state index is 0.0917. The van der Waals surface area contributed by atoms with Crippen LogP contribution in [0.5, 0.6) is 0 Å². The maximum atomic E-state index is 12.4. The molecule has 0 unspecified atom stereocenters. The van der Waals surface area contributed by atoms with Gasteiger partial charge < -0.3 is 9.64 Å². The zero-order valence-corrected chi connectivity index (χ0v) is 14.5. The Morgan fingerprint density at radius 2 is 2.17 bits per heavy atom. The molecule has 0 aliphatic carbocycles. The van der Waals surface area contributed by atoms with E-state index in [0.29, 0.717) is 42.6 Å². The number of carbonyl (C=O) groups is 1. The van der Waals surface area contributed by atoms with Crippen LogP contribution in [0.25, 0.3) is 0 Å². The van der Waals surface area contributed by atoms with Gasteiger partial charge in [-0.25, -0.2) is 0 Å². The van der Waals surface area contributed by atoms with Gasteiger partial charge in [0, 0.05) is 31.6 Å². The molecule has 1 aromatic heterocycles. The van der Waals surface area contributed by atoms with Crippen molar-refractivity contribution in [1.82, 2.24) is 14.9 Å². The van der Waals surface area contributed by atoms with Crippen molar-refractivity contribution >= 4 is 29.1 Å². The monoisotopic (exact) mass is 365 g/mol. The topological polar surface area (TPSA) is 55.3 Å². The molecule has 24 heavy (non-hydrogen) atoms. The molecule has 0 bridgehead atoms.